The lowest BCUT2D eigenvalue weighted by atomic mass is 9.71. The Balaban J connectivity index is 1.87. The van der Waals surface area contributed by atoms with Crippen LogP contribution in [0.4, 0.5) is 5.69 Å². The number of nitrogens with zero attached hydrogens (tertiary/aromatic N) is 2. The molecule has 1 heterocycles. The molecule has 39 heavy (non-hydrogen) atoms. The highest BCUT2D eigenvalue weighted by molar-refractivity contribution is 6.03. The van der Waals surface area contributed by atoms with Gasteiger partial charge in [0.05, 0.1) is 18.6 Å². The van der Waals surface area contributed by atoms with E-state index in [4.69, 9.17) is 5.73 Å². The van der Waals surface area contributed by atoms with Crippen LogP contribution in [0.1, 0.15) is 52.9 Å². The minimum Gasteiger partial charge on any atom is -0.507 e. The van der Waals surface area contributed by atoms with Crippen LogP contribution in [0.15, 0.2) is 24.4 Å². The molecule has 3 atom stereocenters. The highest BCUT2D eigenvalue weighted by atomic mass is 16.3. The number of hydrogen-bond donors (Lipinski definition) is 6. The number of ketones is 2. The van der Waals surface area contributed by atoms with Gasteiger partial charge in [-0.1, -0.05) is 0 Å². The molecular formula is C28H40N4O7. The highest BCUT2D eigenvalue weighted by Crippen LogP contribution is 2.42. The number of nitrogens with two attached hydrogens (primary N) is 1. The Labute approximate surface area is 228 Å². The van der Waals surface area contributed by atoms with Crippen LogP contribution < -0.4 is 16.0 Å². The predicted molar refractivity (Wildman–Crippen MR) is 145 cm³/mol. The number of primary amides is 1. The van der Waals surface area contributed by atoms with E-state index in [0.29, 0.717) is 30.6 Å². The third kappa shape index (κ3) is 6.67. The molecule has 1 aliphatic rings. The lowest BCUT2D eigenvalue weighted by Crippen LogP contribution is -2.51. The Morgan fingerprint density at radius 3 is 2.54 bits per heavy atom. The van der Waals surface area contributed by atoms with Crippen molar-refractivity contribution in [1.29, 1.82) is 0 Å². The first-order valence-electron chi connectivity index (χ1n) is 13.1. The van der Waals surface area contributed by atoms with Gasteiger partial charge in [-0.15, -0.1) is 0 Å². The van der Waals surface area contributed by atoms with Crippen molar-refractivity contribution in [3.05, 3.63) is 46.8 Å². The summed E-state index contributed by atoms with van der Waals surface area (Å²) in [5, 5.41) is 45.0. The molecule has 0 unspecified atom stereocenters. The van der Waals surface area contributed by atoms with Gasteiger partial charge in [-0.3, -0.25) is 14.4 Å². The van der Waals surface area contributed by atoms with Gasteiger partial charge in [0.25, 0.3) is 0 Å². The zero-order chi connectivity index (χ0) is 28.9. The smallest absolute Gasteiger partial charge is 0.224 e. The Hall–Kier alpha value is -3.25. The summed E-state index contributed by atoms with van der Waals surface area (Å²) >= 11 is 0. The number of phenolic OH excluding ortho intramolecular Hbond substituents is 1. The molecule has 214 valence electrons. The van der Waals surface area contributed by atoms with Crippen LogP contribution in [-0.4, -0.2) is 75.4 Å². The van der Waals surface area contributed by atoms with Crippen LogP contribution in [0, 0.1) is 11.8 Å². The van der Waals surface area contributed by atoms with Crippen molar-refractivity contribution in [1.82, 2.24) is 9.88 Å². The molecule has 1 aliphatic carbocycles. The fourth-order valence-electron chi connectivity index (χ4n) is 5.56. The number of hydrogen-bond acceptors (Lipinski definition) is 9. The van der Waals surface area contributed by atoms with Crippen LogP contribution in [0.3, 0.4) is 0 Å². The molecular weight excluding hydrogens is 504 g/mol. The number of Topliss-reactive ketones (excluding diaryl/α,β-unsaturated/α-hetero) is 2. The van der Waals surface area contributed by atoms with Crippen LogP contribution in [-0.2, 0) is 36.1 Å². The monoisotopic (exact) mass is 544 g/mol. The van der Waals surface area contributed by atoms with E-state index in [1.54, 1.807) is 0 Å². The number of aliphatic hydroxyl groups excluding tert-OH is 2. The van der Waals surface area contributed by atoms with Gasteiger partial charge in [-0.05, 0) is 54.9 Å². The fourth-order valence-corrected chi connectivity index (χ4v) is 5.56. The SMILES string of the molecule is CN(C)c1cc(CNCc2cccn2C)c(O)c2c1C[C@@H](C[C@@H](CCO)[C@](O)(CO)C(=O)CC(N)=O)CC2=O. The van der Waals surface area contributed by atoms with Crippen LogP contribution in [0.5, 0.6) is 5.75 Å². The van der Waals surface area contributed by atoms with Crippen molar-refractivity contribution in [3.63, 3.8) is 0 Å². The minimum absolute atomic E-state index is 0.0172. The molecule has 0 fully saturated rings. The summed E-state index contributed by atoms with van der Waals surface area (Å²) in [5.41, 5.74) is 6.25. The predicted octanol–water partition coefficient (Wildman–Crippen LogP) is 0.388. The number of aromatic nitrogens is 1. The Bertz CT molecular complexity index is 1210. The van der Waals surface area contributed by atoms with E-state index in [0.717, 1.165) is 11.4 Å². The maximum absolute atomic E-state index is 13.4. The lowest BCUT2D eigenvalue weighted by molar-refractivity contribution is -0.153. The van der Waals surface area contributed by atoms with Crippen molar-refractivity contribution >= 4 is 23.2 Å². The number of benzene rings is 1. The summed E-state index contributed by atoms with van der Waals surface area (Å²) in [6, 6.07) is 5.80. The number of nitrogens with one attached hydrogen (secondary N) is 1. The Morgan fingerprint density at radius 1 is 1.26 bits per heavy atom. The van der Waals surface area contributed by atoms with Gasteiger partial charge in [0.1, 0.15) is 11.4 Å². The van der Waals surface area contributed by atoms with Gasteiger partial charge < -0.3 is 40.9 Å². The molecule has 0 bridgehead atoms. The van der Waals surface area contributed by atoms with E-state index in [-0.39, 0.29) is 48.9 Å². The molecule has 1 aromatic heterocycles. The highest BCUT2D eigenvalue weighted by Gasteiger charge is 2.45. The first kappa shape index (κ1) is 30.3. The second-order valence-corrected chi connectivity index (χ2v) is 10.7. The third-order valence-corrected chi connectivity index (χ3v) is 7.69. The lowest BCUT2D eigenvalue weighted by Gasteiger charge is -2.37. The quantitative estimate of drug-likeness (QED) is 0.184. The Morgan fingerprint density at radius 2 is 1.97 bits per heavy atom. The van der Waals surface area contributed by atoms with Crippen molar-refractivity contribution in [3.8, 4) is 5.75 Å². The molecule has 3 rings (SSSR count). The number of carbonyl (C=O) groups is 3. The molecule has 0 saturated heterocycles. The zero-order valence-electron chi connectivity index (χ0n) is 22.8. The summed E-state index contributed by atoms with van der Waals surface area (Å²) in [4.78, 5) is 39.2. The molecule has 0 saturated carbocycles. The molecule has 0 aliphatic heterocycles. The molecule has 1 amide bonds. The number of rotatable bonds is 14. The standard InChI is InChI=1S/C28H40N4O7/c1-31(2)22-12-18(14-30-15-20-5-4-7-32(20)3)27(38)26-21(22)10-17(11-23(26)35)9-19(6-8-33)28(39,16-34)24(36)13-25(29)37/h4-5,7,12,17,19,30,33-34,38-39H,6,8-11,13-16H2,1-3H3,(H2,29,37)/t17-,19-,28-/m1/s1. The number of amides is 1. The summed E-state index contributed by atoms with van der Waals surface area (Å²) in [6.45, 7) is -0.366. The number of carbonyl (C=O) groups excluding carboxylic acids is 3. The number of aryl methyl sites for hydroxylation is 1. The van der Waals surface area contributed by atoms with E-state index >= 15 is 0 Å². The van der Waals surface area contributed by atoms with Gasteiger partial charge in [0, 0.05) is 70.4 Å². The largest absolute Gasteiger partial charge is 0.507 e. The average molecular weight is 545 g/mol. The fraction of sp³-hybridized carbons (Fsp3) is 0.536. The van der Waals surface area contributed by atoms with Crippen molar-refractivity contribution in [2.24, 2.45) is 24.6 Å². The van der Waals surface area contributed by atoms with E-state index in [1.165, 1.54) is 0 Å². The van der Waals surface area contributed by atoms with E-state index < -0.39 is 36.2 Å². The van der Waals surface area contributed by atoms with Gasteiger partial charge in [-0.25, -0.2) is 0 Å². The normalized spacial score (nSPS) is 17.4. The van der Waals surface area contributed by atoms with Crippen LogP contribution >= 0.6 is 0 Å². The van der Waals surface area contributed by atoms with Crippen molar-refractivity contribution in [2.45, 2.75) is 50.8 Å². The summed E-state index contributed by atoms with van der Waals surface area (Å²) in [6.07, 6.45) is 1.77. The molecule has 1 aromatic carbocycles. The Kier molecular flexibility index (Phi) is 9.89. The topological polar surface area (TPSA) is 178 Å². The summed E-state index contributed by atoms with van der Waals surface area (Å²) < 4.78 is 2.00. The maximum Gasteiger partial charge on any atom is 0.224 e. The van der Waals surface area contributed by atoms with Crippen molar-refractivity contribution < 1.29 is 34.8 Å². The summed E-state index contributed by atoms with van der Waals surface area (Å²) in [7, 11) is 5.65. The number of phenols is 1. The van der Waals surface area contributed by atoms with Crippen molar-refractivity contribution in [2.75, 3.05) is 32.2 Å². The molecule has 0 spiro atoms. The molecule has 2 aromatic rings. The van der Waals surface area contributed by atoms with E-state index in [1.807, 2.05) is 55.0 Å². The molecule has 11 nitrogen and oxygen atoms in total. The van der Waals surface area contributed by atoms with Gasteiger partial charge in [0.15, 0.2) is 11.6 Å². The average Bonchev–Trinajstić information content (AvgIpc) is 3.28. The first-order valence-corrected chi connectivity index (χ1v) is 13.1. The number of aromatic hydroxyl groups is 1. The van der Waals surface area contributed by atoms with E-state index in [9.17, 15) is 34.8 Å². The van der Waals surface area contributed by atoms with Gasteiger partial charge in [0.2, 0.25) is 5.91 Å². The maximum atomic E-state index is 13.4. The number of fused-ring (bicyclic) bond motifs is 1. The first-order chi connectivity index (χ1) is 18.4. The second-order valence-electron chi connectivity index (χ2n) is 10.7. The van der Waals surface area contributed by atoms with Gasteiger partial charge >= 0.3 is 0 Å². The van der Waals surface area contributed by atoms with E-state index in [2.05, 4.69) is 5.32 Å². The molecule has 7 N–H and O–H groups in total. The third-order valence-electron chi connectivity index (χ3n) is 7.69. The van der Waals surface area contributed by atoms with Crippen LogP contribution in [0.25, 0.3) is 0 Å². The van der Waals surface area contributed by atoms with Crippen LogP contribution in [0.2, 0.25) is 0 Å². The van der Waals surface area contributed by atoms with Gasteiger partial charge in [-0.2, -0.15) is 0 Å². The molecule has 11 heteroatoms. The molecule has 0 radical (unpaired) electrons. The minimum atomic E-state index is -2.28. The number of aliphatic hydroxyl groups is 3. The number of anilines is 1. The zero-order valence-corrected chi connectivity index (χ0v) is 22.8. The second kappa shape index (κ2) is 12.7. The summed E-state index contributed by atoms with van der Waals surface area (Å²) in [5.74, 6) is -3.41.